The summed E-state index contributed by atoms with van der Waals surface area (Å²) < 4.78 is 0. The molecule has 0 unspecified atom stereocenters. The summed E-state index contributed by atoms with van der Waals surface area (Å²) >= 11 is 0. The molecule has 2 fully saturated rings. The second kappa shape index (κ2) is 2.78. The molecule has 11 heavy (non-hydrogen) atoms. The zero-order valence-electron chi connectivity index (χ0n) is 7.53. The van der Waals surface area contributed by atoms with Crippen molar-refractivity contribution < 1.29 is 0 Å². The molecule has 1 nitrogen and oxygen atoms in total. The van der Waals surface area contributed by atoms with Gasteiger partial charge in [-0.25, -0.2) is 0 Å². The van der Waals surface area contributed by atoms with E-state index in [1.165, 1.54) is 45.1 Å². The molecule has 64 valence electrons. The van der Waals surface area contributed by atoms with Gasteiger partial charge in [-0.15, -0.1) is 0 Å². The van der Waals surface area contributed by atoms with E-state index in [1.807, 2.05) is 0 Å². The SMILES string of the molecule is CCC1CC2(CCCCN2)C1. The standard InChI is InChI=1S/C10H19N/c1-2-9-7-10(8-9)5-3-4-6-11-10/h9,11H,2-8H2,1H3. The first-order valence-electron chi connectivity index (χ1n) is 5.10. The van der Waals surface area contributed by atoms with Crippen LogP contribution in [0.3, 0.4) is 0 Å². The van der Waals surface area contributed by atoms with E-state index in [-0.39, 0.29) is 0 Å². The minimum Gasteiger partial charge on any atom is -0.311 e. The Bertz CT molecular complexity index is 128. The molecular formula is C10H19N. The molecule has 2 rings (SSSR count). The number of piperidine rings is 1. The quantitative estimate of drug-likeness (QED) is 0.609. The van der Waals surface area contributed by atoms with Crippen LogP contribution in [-0.4, -0.2) is 12.1 Å². The fraction of sp³-hybridized carbons (Fsp3) is 1.00. The molecule has 1 saturated heterocycles. The van der Waals surface area contributed by atoms with E-state index in [9.17, 15) is 0 Å². The molecule has 0 aromatic rings. The van der Waals surface area contributed by atoms with Crippen LogP contribution in [0, 0.1) is 5.92 Å². The van der Waals surface area contributed by atoms with Crippen LogP contribution in [0.15, 0.2) is 0 Å². The van der Waals surface area contributed by atoms with Gasteiger partial charge in [-0.05, 0) is 38.1 Å². The van der Waals surface area contributed by atoms with Crippen molar-refractivity contribution in [1.82, 2.24) is 5.32 Å². The summed E-state index contributed by atoms with van der Waals surface area (Å²) in [7, 11) is 0. The van der Waals surface area contributed by atoms with Gasteiger partial charge in [0.1, 0.15) is 0 Å². The average Bonchev–Trinajstić information content (AvgIpc) is 2.01. The molecule has 1 aliphatic heterocycles. The summed E-state index contributed by atoms with van der Waals surface area (Å²) in [4.78, 5) is 0. The average molecular weight is 153 g/mol. The van der Waals surface area contributed by atoms with Crippen molar-refractivity contribution in [3.8, 4) is 0 Å². The maximum absolute atomic E-state index is 3.70. The maximum atomic E-state index is 3.70. The first-order valence-corrected chi connectivity index (χ1v) is 5.10. The molecule has 2 aliphatic rings. The lowest BCUT2D eigenvalue weighted by atomic mass is 9.64. The lowest BCUT2D eigenvalue weighted by Crippen LogP contribution is -2.57. The second-order valence-corrected chi connectivity index (χ2v) is 4.35. The molecule has 1 N–H and O–H groups in total. The highest BCUT2D eigenvalue weighted by Crippen LogP contribution is 2.44. The third-order valence-corrected chi connectivity index (χ3v) is 3.52. The van der Waals surface area contributed by atoms with E-state index >= 15 is 0 Å². The van der Waals surface area contributed by atoms with Crippen LogP contribution in [0.25, 0.3) is 0 Å². The van der Waals surface area contributed by atoms with Crippen molar-refractivity contribution in [2.45, 2.75) is 51.0 Å². The second-order valence-electron chi connectivity index (χ2n) is 4.35. The van der Waals surface area contributed by atoms with Gasteiger partial charge in [0.05, 0.1) is 0 Å². The first-order chi connectivity index (χ1) is 5.35. The molecule has 0 atom stereocenters. The molecule has 1 saturated carbocycles. The Kier molecular flexibility index (Phi) is 1.92. The van der Waals surface area contributed by atoms with Gasteiger partial charge in [0.15, 0.2) is 0 Å². The van der Waals surface area contributed by atoms with Crippen LogP contribution in [-0.2, 0) is 0 Å². The lowest BCUT2D eigenvalue weighted by molar-refractivity contribution is 0.0723. The molecule has 0 amide bonds. The maximum Gasteiger partial charge on any atom is 0.0186 e. The van der Waals surface area contributed by atoms with Gasteiger partial charge in [-0.1, -0.05) is 19.8 Å². The molecule has 0 radical (unpaired) electrons. The summed E-state index contributed by atoms with van der Waals surface area (Å²) in [6.45, 7) is 3.59. The fourth-order valence-electron chi connectivity index (χ4n) is 2.71. The monoisotopic (exact) mass is 153 g/mol. The van der Waals surface area contributed by atoms with Gasteiger partial charge in [0, 0.05) is 5.54 Å². The van der Waals surface area contributed by atoms with Crippen molar-refractivity contribution in [3.63, 3.8) is 0 Å². The molecule has 0 aromatic heterocycles. The number of nitrogens with one attached hydrogen (secondary N) is 1. The van der Waals surface area contributed by atoms with Gasteiger partial charge in [-0.2, -0.15) is 0 Å². The van der Waals surface area contributed by atoms with Crippen molar-refractivity contribution in [2.75, 3.05) is 6.54 Å². The zero-order chi connectivity index (χ0) is 7.73. The number of hydrogen-bond donors (Lipinski definition) is 1. The molecule has 0 aromatic carbocycles. The van der Waals surface area contributed by atoms with E-state index in [2.05, 4.69) is 12.2 Å². The summed E-state index contributed by atoms with van der Waals surface area (Å²) in [6, 6.07) is 0. The van der Waals surface area contributed by atoms with E-state index in [0.717, 1.165) is 5.92 Å². The van der Waals surface area contributed by atoms with Gasteiger partial charge in [0.2, 0.25) is 0 Å². The Morgan fingerprint density at radius 2 is 2.18 bits per heavy atom. The molecule has 1 heteroatoms. The molecule has 1 spiro atoms. The molecular weight excluding hydrogens is 134 g/mol. The third kappa shape index (κ3) is 1.31. The van der Waals surface area contributed by atoms with Gasteiger partial charge >= 0.3 is 0 Å². The van der Waals surface area contributed by atoms with E-state index in [4.69, 9.17) is 0 Å². The van der Waals surface area contributed by atoms with Crippen LogP contribution >= 0.6 is 0 Å². The highest BCUT2D eigenvalue weighted by Gasteiger charge is 2.43. The zero-order valence-corrected chi connectivity index (χ0v) is 7.53. The Morgan fingerprint density at radius 3 is 2.73 bits per heavy atom. The Labute approximate surface area is 69.6 Å². The summed E-state index contributed by atoms with van der Waals surface area (Å²) in [6.07, 6.45) is 8.63. The van der Waals surface area contributed by atoms with Crippen molar-refractivity contribution in [3.05, 3.63) is 0 Å². The minimum atomic E-state index is 0.624. The first kappa shape index (κ1) is 7.60. The molecule has 1 heterocycles. The highest BCUT2D eigenvalue weighted by molar-refractivity contribution is 5.01. The highest BCUT2D eigenvalue weighted by atomic mass is 15.0. The Balaban J connectivity index is 1.84. The molecule has 0 bridgehead atoms. The van der Waals surface area contributed by atoms with Crippen molar-refractivity contribution in [2.24, 2.45) is 5.92 Å². The van der Waals surface area contributed by atoms with Crippen LogP contribution in [0.5, 0.6) is 0 Å². The van der Waals surface area contributed by atoms with Crippen molar-refractivity contribution in [1.29, 1.82) is 0 Å². The van der Waals surface area contributed by atoms with Crippen molar-refractivity contribution >= 4 is 0 Å². The van der Waals surface area contributed by atoms with E-state index < -0.39 is 0 Å². The van der Waals surface area contributed by atoms with Crippen LogP contribution in [0.2, 0.25) is 0 Å². The molecule has 1 aliphatic carbocycles. The van der Waals surface area contributed by atoms with Gasteiger partial charge in [-0.3, -0.25) is 0 Å². The summed E-state index contributed by atoms with van der Waals surface area (Å²) in [5.41, 5.74) is 0.624. The van der Waals surface area contributed by atoms with Gasteiger partial charge in [0.25, 0.3) is 0 Å². The fourth-order valence-corrected chi connectivity index (χ4v) is 2.71. The van der Waals surface area contributed by atoms with Gasteiger partial charge < -0.3 is 5.32 Å². The number of rotatable bonds is 1. The summed E-state index contributed by atoms with van der Waals surface area (Å²) in [5.74, 6) is 1.04. The van der Waals surface area contributed by atoms with E-state index in [0.29, 0.717) is 5.54 Å². The predicted octanol–water partition coefficient (Wildman–Crippen LogP) is 2.32. The normalized spacial score (nSPS) is 43.9. The van der Waals surface area contributed by atoms with E-state index in [1.54, 1.807) is 0 Å². The largest absolute Gasteiger partial charge is 0.311 e. The topological polar surface area (TPSA) is 12.0 Å². The smallest absolute Gasteiger partial charge is 0.0186 e. The predicted molar refractivity (Wildman–Crippen MR) is 47.6 cm³/mol. The Hall–Kier alpha value is -0.0400. The number of hydrogen-bond acceptors (Lipinski definition) is 1. The lowest BCUT2D eigenvalue weighted by Gasteiger charge is -2.51. The summed E-state index contributed by atoms with van der Waals surface area (Å²) in [5, 5.41) is 3.70. The van der Waals surface area contributed by atoms with Crippen LogP contribution in [0.1, 0.15) is 45.4 Å². The Morgan fingerprint density at radius 1 is 1.36 bits per heavy atom. The minimum absolute atomic E-state index is 0.624. The third-order valence-electron chi connectivity index (χ3n) is 3.52. The van der Waals surface area contributed by atoms with Crippen LogP contribution in [0.4, 0.5) is 0 Å². The van der Waals surface area contributed by atoms with Crippen LogP contribution < -0.4 is 5.32 Å².